The lowest BCUT2D eigenvalue weighted by molar-refractivity contribution is -0.137. The van der Waals surface area contributed by atoms with Crippen LogP contribution in [0.25, 0.3) is 5.65 Å². The first-order chi connectivity index (χ1) is 7.02. The number of terminal acetylenes is 1. The van der Waals surface area contributed by atoms with Crippen LogP contribution in [0, 0.1) is 12.3 Å². The van der Waals surface area contributed by atoms with Gasteiger partial charge in [-0.25, -0.2) is 4.98 Å². The van der Waals surface area contributed by atoms with E-state index in [9.17, 15) is 13.2 Å². The van der Waals surface area contributed by atoms with Gasteiger partial charge in [-0.1, -0.05) is 5.92 Å². The van der Waals surface area contributed by atoms with E-state index in [0.29, 0.717) is 11.3 Å². The molecule has 0 fully saturated rings. The van der Waals surface area contributed by atoms with E-state index in [4.69, 9.17) is 6.42 Å². The lowest BCUT2D eigenvalue weighted by atomic mass is 10.3. The highest BCUT2D eigenvalue weighted by Crippen LogP contribution is 2.29. The Kier molecular flexibility index (Phi) is 1.93. The van der Waals surface area contributed by atoms with E-state index in [1.807, 2.05) is 0 Å². The Hall–Kier alpha value is -1.96. The van der Waals surface area contributed by atoms with Crippen molar-refractivity contribution in [3.8, 4) is 12.3 Å². The van der Waals surface area contributed by atoms with Crippen LogP contribution in [-0.2, 0) is 6.18 Å². The molecule has 5 heteroatoms. The van der Waals surface area contributed by atoms with Gasteiger partial charge in [0.05, 0.1) is 11.8 Å². The van der Waals surface area contributed by atoms with Crippen LogP contribution in [0.5, 0.6) is 0 Å². The van der Waals surface area contributed by atoms with Gasteiger partial charge in [0.2, 0.25) is 0 Å². The first kappa shape index (κ1) is 9.59. The van der Waals surface area contributed by atoms with Crippen molar-refractivity contribution in [2.45, 2.75) is 6.18 Å². The summed E-state index contributed by atoms with van der Waals surface area (Å²) in [7, 11) is 0. The normalized spacial score (nSPS) is 11.6. The van der Waals surface area contributed by atoms with Crippen LogP contribution in [0.4, 0.5) is 13.2 Å². The largest absolute Gasteiger partial charge is 0.417 e. The van der Waals surface area contributed by atoms with Crippen molar-refractivity contribution in [3.63, 3.8) is 0 Å². The molecule has 2 rings (SSSR count). The Bertz CT molecular complexity index is 546. The molecule has 0 aliphatic heterocycles. The van der Waals surface area contributed by atoms with E-state index >= 15 is 0 Å². The molecule has 15 heavy (non-hydrogen) atoms. The molecule has 0 bridgehead atoms. The fraction of sp³-hybridized carbons (Fsp3) is 0.100. The second-order valence-electron chi connectivity index (χ2n) is 2.93. The fourth-order valence-electron chi connectivity index (χ4n) is 1.26. The predicted molar refractivity (Wildman–Crippen MR) is 48.1 cm³/mol. The SMILES string of the molecule is C#Cc1cnc2ccc(C(F)(F)F)cn12. The summed E-state index contributed by atoms with van der Waals surface area (Å²) in [5, 5.41) is 0. The van der Waals surface area contributed by atoms with E-state index in [1.54, 1.807) is 0 Å². The topological polar surface area (TPSA) is 17.3 Å². The van der Waals surface area contributed by atoms with Gasteiger partial charge < -0.3 is 0 Å². The summed E-state index contributed by atoms with van der Waals surface area (Å²) >= 11 is 0. The Labute approximate surface area is 83.4 Å². The zero-order valence-corrected chi connectivity index (χ0v) is 7.42. The highest BCUT2D eigenvalue weighted by Gasteiger charge is 2.30. The van der Waals surface area contributed by atoms with Crippen LogP contribution >= 0.6 is 0 Å². The molecular formula is C10H5F3N2. The number of pyridine rings is 1. The predicted octanol–water partition coefficient (Wildman–Crippen LogP) is 2.33. The average Bonchev–Trinajstić information content (AvgIpc) is 2.57. The van der Waals surface area contributed by atoms with Gasteiger partial charge in [-0.05, 0) is 12.1 Å². The van der Waals surface area contributed by atoms with Gasteiger partial charge in [0, 0.05) is 6.20 Å². The molecule has 0 unspecified atom stereocenters. The fourth-order valence-corrected chi connectivity index (χ4v) is 1.26. The van der Waals surface area contributed by atoms with Crippen LogP contribution in [-0.4, -0.2) is 9.38 Å². The molecule has 0 aliphatic rings. The van der Waals surface area contributed by atoms with Crippen molar-refractivity contribution in [3.05, 3.63) is 35.8 Å². The van der Waals surface area contributed by atoms with Crippen LogP contribution < -0.4 is 0 Å². The Morgan fingerprint density at radius 2 is 2.07 bits per heavy atom. The molecule has 0 spiro atoms. The summed E-state index contributed by atoms with van der Waals surface area (Å²) in [4.78, 5) is 3.87. The van der Waals surface area contributed by atoms with Gasteiger partial charge >= 0.3 is 6.18 Å². The van der Waals surface area contributed by atoms with Gasteiger partial charge in [0.15, 0.2) is 0 Å². The maximum absolute atomic E-state index is 12.4. The smallest absolute Gasteiger partial charge is 0.292 e. The molecule has 0 amide bonds. The number of rotatable bonds is 0. The van der Waals surface area contributed by atoms with E-state index in [1.165, 1.54) is 16.7 Å². The number of aromatic nitrogens is 2. The molecule has 0 saturated carbocycles. The molecule has 0 aliphatic carbocycles. The number of fused-ring (bicyclic) bond motifs is 1. The first-order valence-corrected chi connectivity index (χ1v) is 4.03. The summed E-state index contributed by atoms with van der Waals surface area (Å²) in [5.41, 5.74) is -0.0449. The van der Waals surface area contributed by atoms with E-state index in [2.05, 4.69) is 10.9 Å². The standard InChI is InChI=1S/C10H5F3N2/c1-2-8-5-14-9-4-3-7(6-15(8)9)10(11,12)13/h1,3-6H. The van der Waals surface area contributed by atoms with Gasteiger partial charge in [0.25, 0.3) is 0 Å². The molecule has 2 nitrogen and oxygen atoms in total. The van der Waals surface area contributed by atoms with Crippen molar-refractivity contribution in [2.75, 3.05) is 0 Å². The average molecular weight is 210 g/mol. The summed E-state index contributed by atoms with van der Waals surface area (Å²) < 4.78 is 38.4. The van der Waals surface area contributed by atoms with Crippen molar-refractivity contribution < 1.29 is 13.2 Å². The molecule has 76 valence electrons. The summed E-state index contributed by atoms with van der Waals surface area (Å²) in [6, 6.07) is 2.26. The van der Waals surface area contributed by atoms with Gasteiger partial charge in [0.1, 0.15) is 11.3 Å². The zero-order valence-electron chi connectivity index (χ0n) is 7.42. The van der Waals surface area contributed by atoms with E-state index < -0.39 is 11.7 Å². The number of nitrogens with zero attached hydrogens (tertiary/aromatic N) is 2. The number of imidazole rings is 1. The maximum atomic E-state index is 12.4. The lowest BCUT2D eigenvalue weighted by Gasteiger charge is -2.06. The third-order valence-electron chi connectivity index (χ3n) is 1.98. The first-order valence-electron chi connectivity index (χ1n) is 4.03. The monoisotopic (exact) mass is 210 g/mol. The molecule has 0 atom stereocenters. The Morgan fingerprint density at radius 1 is 1.33 bits per heavy atom. The molecule has 0 radical (unpaired) electrons. The molecule has 2 aromatic rings. The third-order valence-corrected chi connectivity index (χ3v) is 1.98. The number of hydrogen-bond donors (Lipinski definition) is 0. The second kappa shape index (κ2) is 3.02. The minimum atomic E-state index is -4.37. The minimum absolute atomic E-state index is 0.302. The highest BCUT2D eigenvalue weighted by atomic mass is 19.4. The molecule has 2 aromatic heterocycles. The van der Waals surface area contributed by atoms with Crippen LogP contribution in [0.3, 0.4) is 0 Å². The summed E-state index contributed by atoms with van der Waals surface area (Å²) in [5.74, 6) is 2.26. The van der Waals surface area contributed by atoms with Gasteiger partial charge in [-0.15, -0.1) is 6.42 Å². The lowest BCUT2D eigenvalue weighted by Crippen LogP contribution is -2.06. The van der Waals surface area contributed by atoms with Crippen LogP contribution in [0.2, 0.25) is 0 Å². The van der Waals surface area contributed by atoms with Crippen LogP contribution in [0.15, 0.2) is 24.5 Å². The summed E-state index contributed by atoms with van der Waals surface area (Å²) in [6.45, 7) is 0. The quantitative estimate of drug-likeness (QED) is 0.610. The van der Waals surface area contributed by atoms with Crippen molar-refractivity contribution >= 4 is 5.65 Å². The van der Waals surface area contributed by atoms with E-state index in [0.717, 1.165) is 12.3 Å². The Morgan fingerprint density at radius 3 is 2.67 bits per heavy atom. The van der Waals surface area contributed by atoms with Crippen LogP contribution in [0.1, 0.15) is 11.3 Å². The number of alkyl halides is 3. The van der Waals surface area contributed by atoms with Crippen molar-refractivity contribution in [2.24, 2.45) is 0 Å². The minimum Gasteiger partial charge on any atom is -0.292 e. The molecule has 2 heterocycles. The summed E-state index contributed by atoms with van der Waals surface area (Å²) in [6.07, 6.45) is 3.06. The third kappa shape index (κ3) is 1.54. The maximum Gasteiger partial charge on any atom is 0.417 e. The van der Waals surface area contributed by atoms with Gasteiger partial charge in [-0.2, -0.15) is 13.2 Å². The molecule has 0 N–H and O–H groups in total. The second-order valence-corrected chi connectivity index (χ2v) is 2.93. The van der Waals surface area contributed by atoms with Gasteiger partial charge in [-0.3, -0.25) is 4.40 Å². The molecule has 0 saturated heterocycles. The van der Waals surface area contributed by atoms with E-state index in [-0.39, 0.29) is 0 Å². The molecular weight excluding hydrogens is 205 g/mol. The highest BCUT2D eigenvalue weighted by molar-refractivity contribution is 5.45. The number of hydrogen-bond acceptors (Lipinski definition) is 1. The zero-order chi connectivity index (χ0) is 11.1. The Balaban J connectivity index is 2.69. The van der Waals surface area contributed by atoms with Crippen molar-refractivity contribution in [1.82, 2.24) is 9.38 Å². The number of halogens is 3. The molecule has 0 aromatic carbocycles. The van der Waals surface area contributed by atoms with Crippen molar-refractivity contribution in [1.29, 1.82) is 0 Å².